The number of hydrogen-bond donors (Lipinski definition) is 0. The Morgan fingerprint density at radius 3 is 2.52 bits per heavy atom. The monoisotopic (exact) mass is 283 g/mol. The molecule has 2 aromatic heterocycles. The van der Waals surface area contributed by atoms with Crippen molar-refractivity contribution in [3.8, 4) is 11.3 Å². The molecular formula is C17H18FN3. The third-order valence-electron chi connectivity index (χ3n) is 3.46. The Bertz CT molecular complexity index is 773. The van der Waals surface area contributed by atoms with Crippen LogP contribution in [0.3, 0.4) is 0 Å². The van der Waals surface area contributed by atoms with Crippen LogP contribution in [0.5, 0.6) is 0 Å². The molecule has 0 aliphatic rings. The van der Waals surface area contributed by atoms with Gasteiger partial charge in [-0.3, -0.25) is 0 Å². The van der Waals surface area contributed by atoms with Crippen molar-refractivity contribution in [2.75, 3.05) is 14.1 Å². The molecule has 0 N–H and O–H groups in total. The number of fused-ring (bicyclic) bond motifs is 1. The quantitative estimate of drug-likeness (QED) is 0.733. The zero-order valence-corrected chi connectivity index (χ0v) is 12.5. The number of imidazole rings is 1. The van der Waals surface area contributed by atoms with Crippen molar-refractivity contribution in [3.63, 3.8) is 0 Å². The van der Waals surface area contributed by atoms with Gasteiger partial charge in [-0.1, -0.05) is 0 Å². The Balaban J connectivity index is 2.22. The van der Waals surface area contributed by atoms with E-state index in [1.165, 1.54) is 17.7 Å². The first-order valence-electron chi connectivity index (χ1n) is 6.93. The van der Waals surface area contributed by atoms with E-state index < -0.39 is 0 Å². The van der Waals surface area contributed by atoms with Crippen molar-refractivity contribution in [1.29, 1.82) is 0 Å². The van der Waals surface area contributed by atoms with Crippen LogP contribution in [-0.2, 0) is 6.54 Å². The van der Waals surface area contributed by atoms with Gasteiger partial charge in [-0.15, -0.1) is 0 Å². The van der Waals surface area contributed by atoms with Crippen LogP contribution in [0.2, 0.25) is 0 Å². The SMILES string of the molecule is Cc1ccn2c(CN(C)C)c(-c3ccc(F)cc3)nc2c1. The van der Waals surface area contributed by atoms with Crippen molar-refractivity contribution < 1.29 is 4.39 Å². The summed E-state index contributed by atoms with van der Waals surface area (Å²) in [6.45, 7) is 2.83. The Morgan fingerprint density at radius 2 is 1.86 bits per heavy atom. The van der Waals surface area contributed by atoms with Gasteiger partial charge in [0.25, 0.3) is 0 Å². The van der Waals surface area contributed by atoms with E-state index in [9.17, 15) is 4.39 Å². The highest BCUT2D eigenvalue weighted by Crippen LogP contribution is 2.26. The molecule has 4 heteroatoms. The fraction of sp³-hybridized carbons (Fsp3) is 0.235. The predicted molar refractivity (Wildman–Crippen MR) is 82.7 cm³/mol. The Morgan fingerprint density at radius 1 is 1.14 bits per heavy atom. The van der Waals surface area contributed by atoms with Crippen LogP contribution in [0, 0.1) is 12.7 Å². The van der Waals surface area contributed by atoms with Gasteiger partial charge in [0.1, 0.15) is 11.5 Å². The standard InChI is InChI=1S/C17H18FN3/c1-12-8-9-21-15(11-20(2)3)17(19-16(21)10-12)13-4-6-14(18)7-5-13/h4-10H,11H2,1-3H3. The van der Waals surface area contributed by atoms with E-state index >= 15 is 0 Å². The van der Waals surface area contributed by atoms with E-state index in [4.69, 9.17) is 4.98 Å². The second-order valence-electron chi connectivity index (χ2n) is 5.58. The normalized spacial score (nSPS) is 11.5. The highest BCUT2D eigenvalue weighted by atomic mass is 19.1. The van der Waals surface area contributed by atoms with Gasteiger partial charge in [-0.2, -0.15) is 0 Å². The highest BCUT2D eigenvalue weighted by Gasteiger charge is 2.14. The van der Waals surface area contributed by atoms with Crippen LogP contribution in [0.1, 0.15) is 11.3 Å². The fourth-order valence-electron chi connectivity index (χ4n) is 2.49. The summed E-state index contributed by atoms with van der Waals surface area (Å²) in [6, 6.07) is 10.6. The summed E-state index contributed by atoms with van der Waals surface area (Å²) in [6.07, 6.45) is 2.05. The van der Waals surface area contributed by atoms with E-state index in [-0.39, 0.29) is 5.82 Å². The molecule has 0 radical (unpaired) electrons. The second kappa shape index (κ2) is 5.30. The maximum atomic E-state index is 13.1. The summed E-state index contributed by atoms with van der Waals surface area (Å²) < 4.78 is 15.2. The van der Waals surface area contributed by atoms with Gasteiger partial charge in [0.2, 0.25) is 0 Å². The number of hydrogen-bond acceptors (Lipinski definition) is 2. The van der Waals surface area contributed by atoms with Gasteiger partial charge in [0.15, 0.2) is 0 Å². The molecule has 0 aliphatic carbocycles. The minimum Gasteiger partial charge on any atom is -0.304 e. The van der Waals surface area contributed by atoms with Crippen LogP contribution in [0.25, 0.3) is 16.9 Å². The molecule has 21 heavy (non-hydrogen) atoms. The lowest BCUT2D eigenvalue weighted by molar-refractivity contribution is 0.396. The number of nitrogens with zero attached hydrogens (tertiary/aromatic N) is 3. The number of aryl methyl sites for hydroxylation is 1. The zero-order valence-electron chi connectivity index (χ0n) is 12.5. The largest absolute Gasteiger partial charge is 0.304 e. The molecule has 3 aromatic rings. The summed E-state index contributed by atoms with van der Waals surface area (Å²) in [5.41, 5.74) is 5.06. The molecule has 0 unspecified atom stereocenters. The number of pyridine rings is 1. The molecule has 0 bridgehead atoms. The first-order valence-corrected chi connectivity index (χ1v) is 6.93. The van der Waals surface area contributed by atoms with Crippen molar-refractivity contribution in [2.24, 2.45) is 0 Å². The number of benzene rings is 1. The average Bonchev–Trinajstić information content (AvgIpc) is 2.77. The molecule has 1 aromatic carbocycles. The molecule has 0 fully saturated rings. The molecule has 0 amide bonds. The van der Waals surface area contributed by atoms with Gasteiger partial charge in [0.05, 0.1) is 11.4 Å². The first kappa shape index (κ1) is 13.8. The lowest BCUT2D eigenvalue weighted by atomic mass is 10.1. The summed E-state index contributed by atoms with van der Waals surface area (Å²) in [7, 11) is 4.06. The maximum absolute atomic E-state index is 13.1. The third-order valence-corrected chi connectivity index (χ3v) is 3.46. The number of halogens is 1. The van der Waals surface area contributed by atoms with Crippen LogP contribution >= 0.6 is 0 Å². The molecule has 0 saturated carbocycles. The molecule has 0 aliphatic heterocycles. The van der Waals surface area contributed by atoms with E-state index in [1.54, 1.807) is 12.1 Å². The van der Waals surface area contributed by atoms with Crippen molar-refractivity contribution in [2.45, 2.75) is 13.5 Å². The van der Waals surface area contributed by atoms with E-state index in [2.05, 4.69) is 28.4 Å². The zero-order chi connectivity index (χ0) is 15.0. The van der Waals surface area contributed by atoms with Gasteiger partial charge in [0, 0.05) is 18.3 Å². The summed E-state index contributed by atoms with van der Waals surface area (Å²) in [4.78, 5) is 6.85. The van der Waals surface area contributed by atoms with Gasteiger partial charge in [-0.05, 0) is 63.0 Å². The first-order chi connectivity index (χ1) is 10.0. The highest BCUT2D eigenvalue weighted by molar-refractivity contribution is 5.66. The lowest BCUT2D eigenvalue weighted by Crippen LogP contribution is -2.13. The molecule has 0 spiro atoms. The fourth-order valence-corrected chi connectivity index (χ4v) is 2.49. The lowest BCUT2D eigenvalue weighted by Gasteiger charge is -2.11. The van der Waals surface area contributed by atoms with Crippen molar-refractivity contribution in [1.82, 2.24) is 14.3 Å². The van der Waals surface area contributed by atoms with Gasteiger partial charge < -0.3 is 9.30 Å². The molecule has 3 rings (SSSR count). The minimum atomic E-state index is -0.229. The molecule has 108 valence electrons. The van der Waals surface area contributed by atoms with Crippen molar-refractivity contribution in [3.05, 3.63) is 59.7 Å². The minimum absolute atomic E-state index is 0.229. The van der Waals surface area contributed by atoms with E-state index in [1.807, 2.05) is 20.3 Å². The predicted octanol–water partition coefficient (Wildman–Crippen LogP) is 3.51. The molecular weight excluding hydrogens is 265 g/mol. The van der Waals surface area contributed by atoms with Crippen LogP contribution < -0.4 is 0 Å². The summed E-state index contributed by atoms with van der Waals surface area (Å²) >= 11 is 0. The second-order valence-corrected chi connectivity index (χ2v) is 5.58. The Labute approximate surface area is 123 Å². The Kier molecular flexibility index (Phi) is 3.47. The molecule has 3 nitrogen and oxygen atoms in total. The Hall–Kier alpha value is -2.20. The average molecular weight is 283 g/mol. The van der Waals surface area contributed by atoms with E-state index in [0.29, 0.717) is 0 Å². The maximum Gasteiger partial charge on any atom is 0.137 e. The van der Waals surface area contributed by atoms with Crippen LogP contribution in [0.4, 0.5) is 4.39 Å². The molecule has 0 saturated heterocycles. The third kappa shape index (κ3) is 2.67. The van der Waals surface area contributed by atoms with Crippen LogP contribution in [0.15, 0.2) is 42.6 Å². The van der Waals surface area contributed by atoms with E-state index in [0.717, 1.165) is 29.1 Å². The van der Waals surface area contributed by atoms with Crippen molar-refractivity contribution >= 4 is 5.65 Å². The van der Waals surface area contributed by atoms with Gasteiger partial charge >= 0.3 is 0 Å². The topological polar surface area (TPSA) is 20.5 Å². The summed E-state index contributed by atoms with van der Waals surface area (Å²) in [5, 5.41) is 0. The molecule has 2 heterocycles. The summed E-state index contributed by atoms with van der Waals surface area (Å²) in [5.74, 6) is -0.229. The van der Waals surface area contributed by atoms with Crippen LogP contribution in [-0.4, -0.2) is 28.4 Å². The number of rotatable bonds is 3. The number of aromatic nitrogens is 2. The molecule has 0 atom stereocenters. The van der Waals surface area contributed by atoms with Gasteiger partial charge in [-0.25, -0.2) is 9.37 Å². The smallest absolute Gasteiger partial charge is 0.137 e.